The van der Waals surface area contributed by atoms with Crippen LogP contribution < -0.4 is 19.5 Å². The van der Waals surface area contributed by atoms with Crippen LogP contribution in [0, 0.1) is 0 Å². The molecule has 0 aromatic heterocycles. The lowest BCUT2D eigenvalue weighted by molar-refractivity contribution is 0.0691. The van der Waals surface area contributed by atoms with Gasteiger partial charge in [0, 0.05) is 24.7 Å². The zero-order chi connectivity index (χ0) is 20.8. The molecular weight excluding hydrogens is 372 g/mol. The standard InChI is InChI=1S/C22H26N2O5/c1-27-17-9-7-15(8-10-17)21(25)23-16-11-13-24(14-12-16)22(26)20-18(28-2)5-4-6-19(20)29-3/h4-10,16H,11-14H2,1-3H3,(H,23,25). The minimum Gasteiger partial charge on any atom is -0.497 e. The molecule has 1 fully saturated rings. The van der Waals surface area contributed by atoms with E-state index in [9.17, 15) is 9.59 Å². The lowest BCUT2D eigenvalue weighted by atomic mass is 10.0. The summed E-state index contributed by atoms with van der Waals surface area (Å²) < 4.78 is 15.8. The first-order chi connectivity index (χ1) is 14.1. The van der Waals surface area contributed by atoms with Crippen molar-refractivity contribution in [1.29, 1.82) is 0 Å². The van der Waals surface area contributed by atoms with Crippen LogP contribution in [0.15, 0.2) is 42.5 Å². The quantitative estimate of drug-likeness (QED) is 0.810. The molecule has 2 amide bonds. The molecule has 0 saturated carbocycles. The number of ether oxygens (including phenoxy) is 3. The zero-order valence-electron chi connectivity index (χ0n) is 16.9. The van der Waals surface area contributed by atoms with Gasteiger partial charge in [0.05, 0.1) is 21.3 Å². The molecule has 0 atom stereocenters. The molecule has 7 nitrogen and oxygen atoms in total. The molecule has 0 aliphatic carbocycles. The van der Waals surface area contributed by atoms with E-state index in [1.165, 1.54) is 14.2 Å². The lowest BCUT2D eigenvalue weighted by Crippen LogP contribution is -2.46. The highest BCUT2D eigenvalue weighted by Gasteiger charge is 2.28. The summed E-state index contributed by atoms with van der Waals surface area (Å²) in [5.74, 6) is 1.44. The van der Waals surface area contributed by atoms with Crippen LogP contribution in [-0.4, -0.2) is 57.2 Å². The molecule has 7 heteroatoms. The molecular formula is C22H26N2O5. The van der Waals surface area contributed by atoms with Gasteiger partial charge in [-0.15, -0.1) is 0 Å². The first-order valence-electron chi connectivity index (χ1n) is 9.52. The molecule has 0 spiro atoms. The van der Waals surface area contributed by atoms with Crippen molar-refractivity contribution in [2.75, 3.05) is 34.4 Å². The Bertz CT molecular complexity index is 836. The molecule has 1 heterocycles. The van der Waals surface area contributed by atoms with Crippen molar-refractivity contribution >= 4 is 11.8 Å². The van der Waals surface area contributed by atoms with Gasteiger partial charge in [-0.2, -0.15) is 0 Å². The Morgan fingerprint density at radius 2 is 1.48 bits per heavy atom. The highest BCUT2D eigenvalue weighted by Crippen LogP contribution is 2.30. The second-order valence-corrected chi connectivity index (χ2v) is 6.81. The van der Waals surface area contributed by atoms with Gasteiger partial charge in [-0.25, -0.2) is 0 Å². The van der Waals surface area contributed by atoms with E-state index in [0.717, 1.165) is 0 Å². The largest absolute Gasteiger partial charge is 0.497 e. The zero-order valence-corrected chi connectivity index (χ0v) is 16.9. The van der Waals surface area contributed by atoms with Crippen LogP contribution in [0.2, 0.25) is 0 Å². The smallest absolute Gasteiger partial charge is 0.261 e. The van der Waals surface area contributed by atoms with Crippen molar-refractivity contribution in [2.45, 2.75) is 18.9 Å². The second kappa shape index (κ2) is 9.32. The number of likely N-dealkylation sites (tertiary alicyclic amines) is 1. The first-order valence-corrected chi connectivity index (χ1v) is 9.52. The van der Waals surface area contributed by atoms with Crippen molar-refractivity contribution in [3.05, 3.63) is 53.6 Å². The van der Waals surface area contributed by atoms with Gasteiger partial charge in [0.1, 0.15) is 22.8 Å². The van der Waals surface area contributed by atoms with Crippen LogP contribution in [0.25, 0.3) is 0 Å². The van der Waals surface area contributed by atoms with Gasteiger partial charge in [0.2, 0.25) is 0 Å². The van der Waals surface area contributed by atoms with E-state index in [4.69, 9.17) is 14.2 Å². The molecule has 1 aliphatic heterocycles. The summed E-state index contributed by atoms with van der Waals surface area (Å²) in [4.78, 5) is 27.3. The monoisotopic (exact) mass is 398 g/mol. The van der Waals surface area contributed by atoms with Crippen molar-refractivity contribution in [3.63, 3.8) is 0 Å². The summed E-state index contributed by atoms with van der Waals surface area (Å²) >= 11 is 0. The number of hydrogen-bond donors (Lipinski definition) is 1. The van der Waals surface area contributed by atoms with E-state index < -0.39 is 0 Å². The molecule has 1 N–H and O–H groups in total. The van der Waals surface area contributed by atoms with Crippen molar-refractivity contribution in [3.8, 4) is 17.2 Å². The van der Waals surface area contributed by atoms with Crippen molar-refractivity contribution < 1.29 is 23.8 Å². The Morgan fingerprint density at radius 3 is 2.00 bits per heavy atom. The molecule has 2 aromatic rings. The van der Waals surface area contributed by atoms with E-state index in [1.54, 1.807) is 54.5 Å². The summed E-state index contributed by atoms with van der Waals surface area (Å²) in [7, 11) is 4.66. The third-order valence-electron chi connectivity index (χ3n) is 5.11. The Morgan fingerprint density at radius 1 is 0.897 bits per heavy atom. The van der Waals surface area contributed by atoms with Crippen LogP contribution in [-0.2, 0) is 0 Å². The van der Waals surface area contributed by atoms with E-state index in [0.29, 0.717) is 54.3 Å². The number of carbonyl (C=O) groups is 2. The average molecular weight is 398 g/mol. The predicted molar refractivity (Wildman–Crippen MR) is 109 cm³/mol. The topological polar surface area (TPSA) is 77.1 Å². The first kappa shape index (κ1) is 20.5. The van der Waals surface area contributed by atoms with E-state index in [2.05, 4.69) is 5.32 Å². The van der Waals surface area contributed by atoms with Gasteiger partial charge < -0.3 is 24.4 Å². The molecule has 1 aliphatic rings. The molecule has 2 aromatic carbocycles. The summed E-state index contributed by atoms with van der Waals surface area (Å²) in [6, 6.07) is 12.3. The van der Waals surface area contributed by atoms with Crippen molar-refractivity contribution in [2.24, 2.45) is 0 Å². The van der Waals surface area contributed by atoms with Crippen LogP contribution in [0.1, 0.15) is 33.6 Å². The molecule has 29 heavy (non-hydrogen) atoms. The fourth-order valence-electron chi connectivity index (χ4n) is 3.46. The van der Waals surface area contributed by atoms with E-state index in [1.807, 2.05) is 0 Å². The van der Waals surface area contributed by atoms with E-state index >= 15 is 0 Å². The molecule has 0 bridgehead atoms. The number of carbonyl (C=O) groups excluding carboxylic acids is 2. The Labute approximate surface area is 170 Å². The fraction of sp³-hybridized carbons (Fsp3) is 0.364. The maximum Gasteiger partial charge on any atom is 0.261 e. The summed E-state index contributed by atoms with van der Waals surface area (Å²) in [6.45, 7) is 1.10. The molecule has 3 rings (SSSR count). The Kier molecular flexibility index (Phi) is 6.59. The number of benzene rings is 2. The fourth-order valence-corrected chi connectivity index (χ4v) is 3.46. The predicted octanol–water partition coefficient (Wildman–Crippen LogP) is 2.75. The van der Waals surface area contributed by atoms with Crippen LogP contribution in [0.3, 0.4) is 0 Å². The number of piperidine rings is 1. The minimum absolute atomic E-state index is 0.0215. The molecule has 0 radical (unpaired) electrons. The maximum atomic E-state index is 13.0. The summed E-state index contributed by atoms with van der Waals surface area (Å²) in [6.07, 6.45) is 1.37. The van der Waals surface area contributed by atoms with Gasteiger partial charge in [0.15, 0.2) is 0 Å². The summed E-state index contributed by atoms with van der Waals surface area (Å²) in [5, 5.41) is 3.05. The van der Waals surface area contributed by atoms with Crippen molar-refractivity contribution in [1.82, 2.24) is 10.2 Å². The molecule has 154 valence electrons. The number of rotatable bonds is 6. The molecule has 1 saturated heterocycles. The van der Waals surface area contributed by atoms with Gasteiger partial charge in [0.25, 0.3) is 11.8 Å². The van der Waals surface area contributed by atoms with Gasteiger partial charge >= 0.3 is 0 Å². The molecule has 0 unspecified atom stereocenters. The van der Waals surface area contributed by atoms with E-state index in [-0.39, 0.29) is 17.9 Å². The SMILES string of the molecule is COc1ccc(C(=O)NC2CCN(C(=O)c3c(OC)cccc3OC)CC2)cc1. The Hall–Kier alpha value is -3.22. The van der Waals surface area contributed by atoms with Gasteiger partial charge in [-0.05, 0) is 49.2 Å². The number of amides is 2. The summed E-state index contributed by atoms with van der Waals surface area (Å²) in [5.41, 5.74) is 1.02. The van der Waals surface area contributed by atoms with Gasteiger partial charge in [-0.1, -0.05) is 6.07 Å². The second-order valence-electron chi connectivity index (χ2n) is 6.81. The number of nitrogens with zero attached hydrogens (tertiary/aromatic N) is 1. The van der Waals surface area contributed by atoms with Crippen LogP contribution in [0.4, 0.5) is 0 Å². The van der Waals surface area contributed by atoms with Gasteiger partial charge in [-0.3, -0.25) is 9.59 Å². The van der Waals surface area contributed by atoms with Crippen LogP contribution in [0.5, 0.6) is 17.2 Å². The third-order valence-corrected chi connectivity index (χ3v) is 5.11. The number of hydrogen-bond acceptors (Lipinski definition) is 5. The number of methoxy groups -OCH3 is 3. The van der Waals surface area contributed by atoms with Crippen LogP contribution >= 0.6 is 0 Å². The minimum atomic E-state index is -0.126. The number of nitrogens with one attached hydrogen (secondary N) is 1. The highest BCUT2D eigenvalue weighted by atomic mass is 16.5. The maximum absolute atomic E-state index is 13.0. The normalized spacial score (nSPS) is 14.2. The Balaban J connectivity index is 1.60. The third kappa shape index (κ3) is 4.62. The average Bonchev–Trinajstić information content (AvgIpc) is 2.78. The highest BCUT2D eigenvalue weighted by molar-refractivity contribution is 6.00. The lowest BCUT2D eigenvalue weighted by Gasteiger charge is -2.33.